The van der Waals surface area contributed by atoms with Crippen molar-refractivity contribution < 1.29 is 14.2 Å². The van der Waals surface area contributed by atoms with Crippen LogP contribution in [0, 0.1) is 6.29 Å². The van der Waals surface area contributed by atoms with Crippen LogP contribution in [0.1, 0.15) is 13.3 Å². The number of ether oxygens (including phenoxy) is 3. The first kappa shape index (κ1) is 7.98. The summed E-state index contributed by atoms with van der Waals surface area (Å²) in [5.41, 5.74) is 0. The van der Waals surface area contributed by atoms with Crippen molar-refractivity contribution in [2.24, 2.45) is 0 Å². The van der Waals surface area contributed by atoms with Crippen molar-refractivity contribution >= 4 is 0 Å². The molecule has 0 amide bonds. The standard InChI is InChI=1S/C7H13O3/c1-6(8-2)5-7-9-3-4-10-7/h6H,3-5H2,1-2H3. The molecule has 1 aliphatic rings. The van der Waals surface area contributed by atoms with Gasteiger partial charge in [-0.05, 0) is 6.92 Å². The molecule has 1 rings (SSSR count). The molecule has 1 atom stereocenters. The lowest BCUT2D eigenvalue weighted by Gasteiger charge is -2.11. The summed E-state index contributed by atoms with van der Waals surface area (Å²) in [4.78, 5) is 0. The first-order valence-corrected chi connectivity index (χ1v) is 3.47. The molecule has 1 aliphatic heterocycles. The molecule has 0 aromatic heterocycles. The molecule has 3 nitrogen and oxygen atoms in total. The molecule has 3 heteroatoms. The zero-order chi connectivity index (χ0) is 7.40. The van der Waals surface area contributed by atoms with E-state index >= 15 is 0 Å². The Hall–Kier alpha value is -0.120. The van der Waals surface area contributed by atoms with E-state index in [0.29, 0.717) is 19.5 Å². The molecule has 0 saturated carbocycles. The smallest absolute Gasteiger partial charge is 0.226 e. The van der Waals surface area contributed by atoms with Crippen LogP contribution in [0.3, 0.4) is 0 Å². The lowest BCUT2D eigenvalue weighted by atomic mass is 10.3. The summed E-state index contributed by atoms with van der Waals surface area (Å²) in [5.74, 6) is 0. The van der Waals surface area contributed by atoms with Crippen LogP contribution in [0.25, 0.3) is 0 Å². The fourth-order valence-corrected chi connectivity index (χ4v) is 0.789. The van der Waals surface area contributed by atoms with E-state index in [1.165, 1.54) is 0 Å². The van der Waals surface area contributed by atoms with Gasteiger partial charge in [0.05, 0.1) is 19.3 Å². The summed E-state index contributed by atoms with van der Waals surface area (Å²) in [5, 5.41) is 0. The van der Waals surface area contributed by atoms with Crippen LogP contribution in [0.4, 0.5) is 0 Å². The molecule has 59 valence electrons. The zero-order valence-electron chi connectivity index (χ0n) is 6.42. The Labute approximate surface area is 61.3 Å². The molecule has 1 radical (unpaired) electrons. The Morgan fingerprint density at radius 2 is 2.10 bits per heavy atom. The fraction of sp³-hybridized carbons (Fsp3) is 0.857. The van der Waals surface area contributed by atoms with Crippen LogP contribution in [-0.4, -0.2) is 26.4 Å². The average Bonchev–Trinajstić information content (AvgIpc) is 2.40. The monoisotopic (exact) mass is 145 g/mol. The fourth-order valence-electron chi connectivity index (χ4n) is 0.789. The number of methoxy groups -OCH3 is 1. The summed E-state index contributed by atoms with van der Waals surface area (Å²) in [7, 11) is 1.68. The van der Waals surface area contributed by atoms with Gasteiger partial charge in [0.25, 0.3) is 0 Å². The first-order chi connectivity index (χ1) is 4.83. The second kappa shape index (κ2) is 3.91. The maximum atomic E-state index is 5.14. The third kappa shape index (κ3) is 2.25. The van der Waals surface area contributed by atoms with Crippen LogP contribution in [-0.2, 0) is 14.2 Å². The molecule has 1 saturated heterocycles. The van der Waals surface area contributed by atoms with Crippen LogP contribution in [0.2, 0.25) is 0 Å². The normalized spacial score (nSPS) is 23.4. The molecule has 0 aliphatic carbocycles. The van der Waals surface area contributed by atoms with Gasteiger partial charge in [0, 0.05) is 13.5 Å². The van der Waals surface area contributed by atoms with Crippen LogP contribution < -0.4 is 0 Å². The van der Waals surface area contributed by atoms with Gasteiger partial charge in [0.1, 0.15) is 0 Å². The first-order valence-electron chi connectivity index (χ1n) is 3.47. The Balaban J connectivity index is 2.11. The van der Waals surface area contributed by atoms with Crippen molar-refractivity contribution in [2.75, 3.05) is 20.3 Å². The molecule has 0 bridgehead atoms. The van der Waals surface area contributed by atoms with Gasteiger partial charge in [0.15, 0.2) is 0 Å². The molecule has 1 unspecified atom stereocenters. The predicted octanol–water partition coefficient (Wildman–Crippen LogP) is 0.948. The predicted molar refractivity (Wildman–Crippen MR) is 36.2 cm³/mol. The van der Waals surface area contributed by atoms with E-state index in [2.05, 4.69) is 0 Å². The highest BCUT2D eigenvalue weighted by atomic mass is 16.7. The van der Waals surface area contributed by atoms with Crippen molar-refractivity contribution in [1.82, 2.24) is 0 Å². The SMILES string of the molecule is COC(C)C[C]1OCCO1. The van der Waals surface area contributed by atoms with Gasteiger partial charge in [-0.3, -0.25) is 0 Å². The maximum Gasteiger partial charge on any atom is 0.226 e. The van der Waals surface area contributed by atoms with Crippen LogP contribution in [0.5, 0.6) is 0 Å². The van der Waals surface area contributed by atoms with Crippen molar-refractivity contribution in [3.05, 3.63) is 6.29 Å². The van der Waals surface area contributed by atoms with Gasteiger partial charge in [-0.15, -0.1) is 0 Å². The highest BCUT2D eigenvalue weighted by Gasteiger charge is 2.20. The van der Waals surface area contributed by atoms with Gasteiger partial charge in [-0.25, -0.2) is 0 Å². The van der Waals surface area contributed by atoms with E-state index in [-0.39, 0.29) is 6.10 Å². The van der Waals surface area contributed by atoms with E-state index in [9.17, 15) is 0 Å². The van der Waals surface area contributed by atoms with E-state index in [1.807, 2.05) is 6.92 Å². The van der Waals surface area contributed by atoms with Crippen molar-refractivity contribution in [3.63, 3.8) is 0 Å². The minimum absolute atomic E-state index is 0.188. The lowest BCUT2D eigenvalue weighted by molar-refractivity contribution is 0.0171. The Morgan fingerprint density at radius 3 is 2.60 bits per heavy atom. The number of rotatable bonds is 3. The minimum atomic E-state index is 0.188. The largest absolute Gasteiger partial charge is 0.382 e. The average molecular weight is 145 g/mol. The Morgan fingerprint density at radius 1 is 1.50 bits per heavy atom. The molecule has 1 heterocycles. The van der Waals surface area contributed by atoms with Gasteiger partial charge in [-0.1, -0.05) is 0 Å². The molecular weight excluding hydrogens is 132 g/mol. The Kier molecular flexibility index (Phi) is 3.12. The molecule has 0 aromatic carbocycles. The third-order valence-electron chi connectivity index (χ3n) is 1.47. The minimum Gasteiger partial charge on any atom is -0.382 e. The van der Waals surface area contributed by atoms with E-state index in [1.54, 1.807) is 7.11 Å². The molecule has 0 spiro atoms. The molecule has 1 fully saturated rings. The molecule has 0 aromatic rings. The highest BCUT2D eigenvalue weighted by molar-refractivity contribution is 4.73. The number of hydrogen-bond acceptors (Lipinski definition) is 3. The third-order valence-corrected chi connectivity index (χ3v) is 1.47. The van der Waals surface area contributed by atoms with Crippen molar-refractivity contribution in [1.29, 1.82) is 0 Å². The van der Waals surface area contributed by atoms with E-state index in [4.69, 9.17) is 14.2 Å². The van der Waals surface area contributed by atoms with Gasteiger partial charge in [0.2, 0.25) is 6.29 Å². The van der Waals surface area contributed by atoms with Crippen LogP contribution in [0.15, 0.2) is 0 Å². The van der Waals surface area contributed by atoms with Crippen LogP contribution >= 0.6 is 0 Å². The quantitative estimate of drug-likeness (QED) is 0.591. The highest BCUT2D eigenvalue weighted by Crippen LogP contribution is 2.18. The maximum absolute atomic E-state index is 5.14. The van der Waals surface area contributed by atoms with Gasteiger partial charge >= 0.3 is 0 Å². The summed E-state index contributed by atoms with van der Waals surface area (Å²) < 4.78 is 15.3. The zero-order valence-corrected chi connectivity index (χ0v) is 6.42. The lowest BCUT2D eigenvalue weighted by Crippen LogP contribution is -2.11. The second-order valence-electron chi connectivity index (χ2n) is 2.32. The summed E-state index contributed by atoms with van der Waals surface area (Å²) in [6, 6.07) is 0. The second-order valence-corrected chi connectivity index (χ2v) is 2.32. The van der Waals surface area contributed by atoms with Gasteiger partial charge in [-0.2, -0.15) is 0 Å². The van der Waals surface area contributed by atoms with Crippen molar-refractivity contribution in [2.45, 2.75) is 19.4 Å². The topological polar surface area (TPSA) is 27.7 Å². The molecule has 0 N–H and O–H groups in total. The van der Waals surface area contributed by atoms with E-state index < -0.39 is 0 Å². The summed E-state index contributed by atoms with van der Waals surface area (Å²) in [6.45, 7) is 3.36. The van der Waals surface area contributed by atoms with Gasteiger partial charge < -0.3 is 14.2 Å². The Bertz CT molecular complexity index is 88.9. The molecule has 10 heavy (non-hydrogen) atoms. The molecular formula is C7H13O3. The summed E-state index contributed by atoms with van der Waals surface area (Å²) >= 11 is 0. The number of hydrogen-bond donors (Lipinski definition) is 0. The summed E-state index contributed by atoms with van der Waals surface area (Å²) in [6.07, 6.45) is 1.65. The van der Waals surface area contributed by atoms with E-state index in [0.717, 1.165) is 6.42 Å². The van der Waals surface area contributed by atoms with Crippen molar-refractivity contribution in [3.8, 4) is 0 Å².